The summed E-state index contributed by atoms with van der Waals surface area (Å²) in [4.78, 5) is 30.3. The lowest BCUT2D eigenvalue weighted by Gasteiger charge is -2.32. The number of carbonyl (C=O) groups excluding carboxylic acids is 2. The summed E-state index contributed by atoms with van der Waals surface area (Å²) in [5.74, 6) is 0.502. The van der Waals surface area contributed by atoms with E-state index >= 15 is 0 Å². The largest absolute Gasteiger partial charge is 0.381 e. The minimum atomic E-state index is -0.762. The molecule has 3 N–H and O–H groups in total. The van der Waals surface area contributed by atoms with E-state index in [1.165, 1.54) is 16.7 Å². The molecule has 1 fully saturated rings. The number of aryl methyl sites for hydroxylation is 1. The van der Waals surface area contributed by atoms with Gasteiger partial charge in [0, 0.05) is 49.8 Å². The number of benzene rings is 1. The second-order valence-electron chi connectivity index (χ2n) is 9.27. The van der Waals surface area contributed by atoms with Crippen molar-refractivity contribution in [1.29, 1.82) is 0 Å². The van der Waals surface area contributed by atoms with E-state index in [9.17, 15) is 14.7 Å². The van der Waals surface area contributed by atoms with E-state index in [0.29, 0.717) is 11.4 Å². The first kappa shape index (κ1) is 23.9. The lowest BCUT2D eigenvalue weighted by Crippen LogP contribution is -2.41. The molecule has 0 spiro atoms. The van der Waals surface area contributed by atoms with Crippen LogP contribution in [0.2, 0.25) is 0 Å². The van der Waals surface area contributed by atoms with Gasteiger partial charge in [-0.2, -0.15) is 0 Å². The number of pyridine rings is 1. The van der Waals surface area contributed by atoms with E-state index in [-0.39, 0.29) is 24.4 Å². The van der Waals surface area contributed by atoms with Gasteiger partial charge < -0.3 is 20.6 Å². The zero-order valence-corrected chi connectivity index (χ0v) is 20.0. The standard InChI is InChI=1S/C26H33N5O3/c1-18-3-4-22-16-30(10-6-20(22)13-18)17-24(33)15-28-26(34)21-5-9-27-25(14-21)29-23-7-11-31(12-8-23)19(2)32/h3-5,9,13-14,17,23-24,33H,6-8,10-12,15-16H2,1-2H3,(H-,27,28,29,34)/p+1/t24-/m0/s1. The molecule has 1 saturated heterocycles. The maximum absolute atomic E-state index is 12.6. The van der Waals surface area contributed by atoms with Crippen molar-refractivity contribution in [2.45, 2.75) is 51.8 Å². The van der Waals surface area contributed by atoms with Gasteiger partial charge in [-0.15, -0.1) is 0 Å². The molecule has 2 aromatic rings. The van der Waals surface area contributed by atoms with Crippen molar-refractivity contribution in [2.24, 2.45) is 0 Å². The lowest BCUT2D eigenvalue weighted by atomic mass is 9.98. The molecule has 0 radical (unpaired) electrons. The summed E-state index contributed by atoms with van der Waals surface area (Å²) in [6.07, 6.45) is 5.29. The van der Waals surface area contributed by atoms with E-state index < -0.39 is 6.10 Å². The molecule has 8 heteroatoms. The van der Waals surface area contributed by atoms with Crippen LogP contribution in [0.3, 0.4) is 0 Å². The number of likely N-dealkylation sites (tertiary alicyclic amines) is 1. The number of hydrogen-bond donors (Lipinski definition) is 3. The molecule has 0 saturated carbocycles. The van der Waals surface area contributed by atoms with Crippen LogP contribution in [0, 0.1) is 6.92 Å². The molecule has 2 amide bonds. The molecular formula is C26H34N5O3+. The van der Waals surface area contributed by atoms with Crippen molar-refractivity contribution in [3.8, 4) is 0 Å². The predicted octanol–water partition coefficient (Wildman–Crippen LogP) is 1.74. The highest BCUT2D eigenvalue weighted by Gasteiger charge is 2.22. The summed E-state index contributed by atoms with van der Waals surface area (Å²) in [5, 5.41) is 16.6. The van der Waals surface area contributed by atoms with Crippen LogP contribution in [0.5, 0.6) is 0 Å². The third-order valence-corrected chi connectivity index (χ3v) is 6.57. The van der Waals surface area contributed by atoms with E-state index in [1.807, 2.05) is 4.90 Å². The maximum atomic E-state index is 12.6. The first-order chi connectivity index (χ1) is 16.4. The van der Waals surface area contributed by atoms with Gasteiger partial charge in [0.2, 0.25) is 5.91 Å². The van der Waals surface area contributed by atoms with Crippen molar-refractivity contribution in [3.05, 3.63) is 58.8 Å². The van der Waals surface area contributed by atoms with Crippen LogP contribution >= 0.6 is 0 Å². The van der Waals surface area contributed by atoms with Crippen LogP contribution < -0.4 is 10.6 Å². The molecule has 3 heterocycles. The molecule has 0 unspecified atom stereocenters. The quantitative estimate of drug-likeness (QED) is 0.566. The van der Waals surface area contributed by atoms with Crippen LogP contribution in [0.25, 0.3) is 0 Å². The van der Waals surface area contributed by atoms with E-state index in [0.717, 1.165) is 45.4 Å². The third-order valence-electron chi connectivity index (χ3n) is 6.57. The fourth-order valence-electron chi connectivity index (χ4n) is 4.62. The number of amides is 2. The molecule has 8 nitrogen and oxygen atoms in total. The second kappa shape index (κ2) is 10.8. The van der Waals surface area contributed by atoms with Crippen molar-refractivity contribution in [2.75, 3.05) is 31.5 Å². The number of nitrogens with zero attached hydrogens (tertiary/aromatic N) is 3. The summed E-state index contributed by atoms with van der Waals surface area (Å²) in [6, 6.07) is 10.1. The number of aliphatic hydroxyl groups excluding tert-OH is 1. The Labute approximate surface area is 200 Å². The van der Waals surface area contributed by atoms with Crippen LogP contribution in [0.4, 0.5) is 5.82 Å². The third kappa shape index (κ3) is 6.20. The number of fused-ring (bicyclic) bond motifs is 1. The smallest absolute Gasteiger partial charge is 0.251 e. The molecule has 0 aliphatic carbocycles. The van der Waals surface area contributed by atoms with Crippen molar-refractivity contribution < 1.29 is 19.3 Å². The first-order valence-corrected chi connectivity index (χ1v) is 12.0. The number of aliphatic hydroxyl groups is 1. The van der Waals surface area contributed by atoms with Gasteiger partial charge in [0.25, 0.3) is 5.91 Å². The van der Waals surface area contributed by atoms with Gasteiger partial charge in [0.15, 0.2) is 12.8 Å². The van der Waals surface area contributed by atoms with Gasteiger partial charge in [0.1, 0.15) is 18.5 Å². The minimum Gasteiger partial charge on any atom is -0.381 e. The molecule has 2 aliphatic heterocycles. The fourth-order valence-corrected chi connectivity index (χ4v) is 4.62. The molecule has 1 aromatic carbocycles. The van der Waals surface area contributed by atoms with Gasteiger partial charge >= 0.3 is 0 Å². The van der Waals surface area contributed by atoms with Crippen LogP contribution in [0.1, 0.15) is 46.8 Å². The van der Waals surface area contributed by atoms with Crippen molar-refractivity contribution in [1.82, 2.24) is 15.2 Å². The average Bonchev–Trinajstić information content (AvgIpc) is 2.83. The van der Waals surface area contributed by atoms with Gasteiger partial charge in [-0.25, -0.2) is 9.56 Å². The Morgan fingerprint density at radius 2 is 2.03 bits per heavy atom. The normalized spacial score (nSPS) is 18.3. The van der Waals surface area contributed by atoms with Gasteiger partial charge in [0.05, 0.1) is 6.54 Å². The number of aromatic nitrogens is 1. The fraction of sp³-hybridized carbons (Fsp3) is 0.462. The lowest BCUT2D eigenvalue weighted by molar-refractivity contribution is -0.545. The van der Waals surface area contributed by atoms with E-state index in [4.69, 9.17) is 0 Å². The number of rotatable bonds is 6. The highest BCUT2D eigenvalue weighted by atomic mass is 16.3. The molecular weight excluding hydrogens is 430 g/mol. The molecule has 180 valence electrons. The number of carbonyl (C=O) groups is 2. The van der Waals surface area contributed by atoms with E-state index in [2.05, 4.69) is 45.3 Å². The highest BCUT2D eigenvalue weighted by molar-refractivity contribution is 5.95. The molecule has 1 aromatic heterocycles. The van der Waals surface area contributed by atoms with Crippen molar-refractivity contribution >= 4 is 23.8 Å². The van der Waals surface area contributed by atoms with Gasteiger partial charge in [-0.05, 0) is 37.5 Å². The summed E-state index contributed by atoms with van der Waals surface area (Å²) >= 11 is 0. The zero-order chi connectivity index (χ0) is 24.1. The van der Waals surface area contributed by atoms with Crippen molar-refractivity contribution in [3.63, 3.8) is 0 Å². The number of piperidine rings is 1. The van der Waals surface area contributed by atoms with Crippen LogP contribution in [-0.2, 0) is 17.8 Å². The van der Waals surface area contributed by atoms with Gasteiger partial charge in [-0.1, -0.05) is 23.8 Å². The Morgan fingerprint density at radius 1 is 1.24 bits per heavy atom. The summed E-state index contributed by atoms with van der Waals surface area (Å²) in [5.41, 5.74) is 4.42. The zero-order valence-electron chi connectivity index (χ0n) is 20.0. The Morgan fingerprint density at radius 3 is 2.79 bits per heavy atom. The molecule has 1 atom stereocenters. The van der Waals surface area contributed by atoms with E-state index in [1.54, 1.807) is 31.5 Å². The number of nitrogens with one attached hydrogen (secondary N) is 2. The Balaban J connectivity index is 1.27. The average molecular weight is 465 g/mol. The summed E-state index contributed by atoms with van der Waals surface area (Å²) in [7, 11) is 0. The number of anilines is 1. The maximum Gasteiger partial charge on any atom is 0.251 e. The molecule has 34 heavy (non-hydrogen) atoms. The Bertz CT molecular complexity index is 1080. The molecule has 4 rings (SSSR count). The Hall–Kier alpha value is -3.26. The first-order valence-electron chi connectivity index (χ1n) is 12.0. The summed E-state index contributed by atoms with van der Waals surface area (Å²) in [6.45, 7) is 6.92. The van der Waals surface area contributed by atoms with Gasteiger partial charge in [-0.3, -0.25) is 9.59 Å². The van der Waals surface area contributed by atoms with Crippen LogP contribution in [0.15, 0.2) is 36.5 Å². The monoisotopic (exact) mass is 464 g/mol. The predicted molar refractivity (Wildman–Crippen MR) is 131 cm³/mol. The highest BCUT2D eigenvalue weighted by Crippen LogP contribution is 2.18. The molecule has 2 aliphatic rings. The minimum absolute atomic E-state index is 0.106. The summed E-state index contributed by atoms with van der Waals surface area (Å²) < 4.78 is 2.11. The SMILES string of the molecule is CC(=O)N1CCC(Nc2cc(C(=O)NC[C@H](O)C=[N+]3CCc4cc(C)ccc4C3)ccn2)CC1. The second-order valence-corrected chi connectivity index (χ2v) is 9.27. The number of hydrogen-bond acceptors (Lipinski definition) is 5. The topological polar surface area (TPSA) is 97.6 Å². The van der Waals surface area contributed by atoms with Crippen LogP contribution in [-0.4, -0.2) is 75.9 Å². The molecule has 0 bridgehead atoms. The Kier molecular flexibility index (Phi) is 7.57.